The molecule has 0 unspecified atom stereocenters. The van der Waals surface area contributed by atoms with Crippen LogP contribution in [-0.2, 0) is 17.6 Å². The smallest absolute Gasteiger partial charge is 0.159 e. The van der Waals surface area contributed by atoms with Crippen LogP contribution in [0.2, 0.25) is 0 Å². The predicted molar refractivity (Wildman–Crippen MR) is 77.4 cm³/mol. The molecule has 2 nitrogen and oxygen atoms in total. The molecule has 0 spiro atoms. The van der Waals surface area contributed by atoms with E-state index in [1.165, 1.54) is 11.1 Å². The molecule has 2 aromatic rings. The maximum atomic E-state index is 12.2. The number of rotatable bonds is 2. The first-order valence-electron chi connectivity index (χ1n) is 6.66. The van der Waals surface area contributed by atoms with Crippen LogP contribution in [0.15, 0.2) is 48.5 Å². The van der Waals surface area contributed by atoms with Gasteiger partial charge in [-0.25, -0.2) is 0 Å². The molecule has 3 rings (SSSR count). The van der Waals surface area contributed by atoms with Crippen LogP contribution >= 0.6 is 0 Å². The Labute approximate surface area is 113 Å². The van der Waals surface area contributed by atoms with Gasteiger partial charge in [0.25, 0.3) is 0 Å². The highest BCUT2D eigenvalue weighted by atomic mass is 16.1. The van der Waals surface area contributed by atoms with Gasteiger partial charge in [0.15, 0.2) is 5.78 Å². The lowest BCUT2D eigenvalue weighted by atomic mass is 9.91. The molecule has 1 atom stereocenters. The van der Waals surface area contributed by atoms with Crippen LogP contribution in [0.3, 0.4) is 0 Å². The van der Waals surface area contributed by atoms with E-state index in [9.17, 15) is 4.79 Å². The van der Waals surface area contributed by atoms with Gasteiger partial charge in [-0.1, -0.05) is 42.5 Å². The second-order valence-corrected chi connectivity index (χ2v) is 5.13. The summed E-state index contributed by atoms with van der Waals surface area (Å²) < 4.78 is 0. The lowest BCUT2D eigenvalue weighted by Gasteiger charge is -2.26. The van der Waals surface area contributed by atoms with Gasteiger partial charge in [-0.15, -0.1) is 0 Å². The van der Waals surface area contributed by atoms with Crippen LogP contribution in [0, 0.1) is 6.92 Å². The number of hydrogen-bond donors (Lipinski definition) is 1. The second kappa shape index (κ2) is 4.88. The van der Waals surface area contributed by atoms with E-state index in [2.05, 4.69) is 24.4 Å². The van der Waals surface area contributed by atoms with Crippen LogP contribution in [-0.4, -0.2) is 11.8 Å². The summed E-state index contributed by atoms with van der Waals surface area (Å²) in [6.45, 7) is 2.09. The van der Waals surface area contributed by atoms with Gasteiger partial charge < -0.3 is 5.32 Å². The number of benzene rings is 2. The van der Waals surface area contributed by atoms with E-state index in [1.807, 2.05) is 36.4 Å². The summed E-state index contributed by atoms with van der Waals surface area (Å²) in [5.74, 6) is 0.280. The maximum Gasteiger partial charge on any atom is 0.159 e. The zero-order valence-electron chi connectivity index (χ0n) is 11.0. The SMILES string of the molecule is Cc1ccccc1C[C@@H]1Nc2ccccc2CC1=O. The highest BCUT2D eigenvalue weighted by molar-refractivity contribution is 5.93. The molecule has 2 heteroatoms. The average molecular weight is 251 g/mol. The minimum atomic E-state index is -0.101. The first-order valence-corrected chi connectivity index (χ1v) is 6.66. The number of fused-ring (bicyclic) bond motifs is 1. The number of ketones is 1. The largest absolute Gasteiger partial charge is 0.375 e. The fourth-order valence-electron chi connectivity index (χ4n) is 2.62. The summed E-state index contributed by atoms with van der Waals surface area (Å²) in [6.07, 6.45) is 1.31. The van der Waals surface area contributed by atoms with Crippen LogP contribution in [0.4, 0.5) is 5.69 Å². The number of nitrogens with one attached hydrogen (secondary N) is 1. The topological polar surface area (TPSA) is 29.1 Å². The molecule has 1 N–H and O–H groups in total. The van der Waals surface area contributed by atoms with Crippen molar-refractivity contribution in [1.29, 1.82) is 0 Å². The highest BCUT2D eigenvalue weighted by Crippen LogP contribution is 2.24. The molecule has 0 bridgehead atoms. The van der Waals surface area contributed by atoms with Gasteiger partial charge in [0, 0.05) is 12.1 Å². The standard InChI is InChI=1S/C17H17NO/c1-12-6-2-3-7-13(12)10-16-17(19)11-14-8-4-5-9-15(14)18-16/h2-9,16,18H,10-11H2,1H3/t16-/m0/s1. The first kappa shape index (κ1) is 12.0. The molecule has 1 aliphatic heterocycles. The van der Waals surface area contributed by atoms with Gasteiger partial charge in [-0.05, 0) is 36.1 Å². The number of hydrogen-bond acceptors (Lipinski definition) is 2. The number of anilines is 1. The molecule has 0 saturated heterocycles. The van der Waals surface area contributed by atoms with E-state index in [1.54, 1.807) is 0 Å². The molecule has 19 heavy (non-hydrogen) atoms. The summed E-state index contributed by atoms with van der Waals surface area (Å²) in [7, 11) is 0. The van der Waals surface area contributed by atoms with Crippen molar-refractivity contribution in [3.8, 4) is 0 Å². The van der Waals surface area contributed by atoms with Gasteiger partial charge >= 0.3 is 0 Å². The van der Waals surface area contributed by atoms with Gasteiger partial charge in [0.2, 0.25) is 0 Å². The average Bonchev–Trinajstić information content (AvgIpc) is 2.42. The van der Waals surface area contributed by atoms with Crippen molar-refractivity contribution in [2.45, 2.75) is 25.8 Å². The predicted octanol–water partition coefficient (Wildman–Crippen LogP) is 3.14. The third kappa shape index (κ3) is 2.39. The summed E-state index contributed by atoms with van der Waals surface area (Å²) in [6, 6.07) is 16.2. The number of carbonyl (C=O) groups is 1. The van der Waals surface area contributed by atoms with Crippen molar-refractivity contribution in [1.82, 2.24) is 0 Å². The van der Waals surface area contributed by atoms with Gasteiger partial charge in [-0.2, -0.15) is 0 Å². The zero-order valence-corrected chi connectivity index (χ0v) is 11.0. The lowest BCUT2D eigenvalue weighted by Crippen LogP contribution is -2.37. The van der Waals surface area contributed by atoms with Crippen molar-refractivity contribution in [3.05, 3.63) is 65.2 Å². The zero-order chi connectivity index (χ0) is 13.2. The van der Waals surface area contributed by atoms with Gasteiger partial charge in [0.05, 0.1) is 6.04 Å². The fourth-order valence-corrected chi connectivity index (χ4v) is 2.62. The number of carbonyl (C=O) groups excluding carboxylic acids is 1. The van der Waals surface area contributed by atoms with E-state index < -0.39 is 0 Å². The summed E-state index contributed by atoms with van der Waals surface area (Å²) >= 11 is 0. The number of Topliss-reactive ketones (excluding diaryl/α,β-unsaturated/α-hetero) is 1. The van der Waals surface area contributed by atoms with E-state index in [-0.39, 0.29) is 11.8 Å². The highest BCUT2D eigenvalue weighted by Gasteiger charge is 2.25. The number of para-hydroxylation sites is 1. The molecule has 0 fully saturated rings. The van der Waals surface area contributed by atoms with Crippen LogP contribution in [0.5, 0.6) is 0 Å². The molecule has 96 valence electrons. The Morgan fingerprint density at radius 1 is 1.11 bits per heavy atom. The van der Waals surface area contributed by atoms with E-state index in [0.29, 0.717) is 6.42 Å². The molecule has 1 aliphatic rings. The van der Waals surface area contributed by atoms with Gasteiger partial charge in [-0.3, -0.25) is 4.79 Å². The molecule has 0 aromatic heterocycles. The summed E-state index contributed by atoms with van der Waals surface area (Å²) in [4.78, 5) is 12.2. The molecular formula is C17H17NO. The van der Waals surface area contributed by atoms with Crippen molar-refractivity contribution < 1.29 is 4.79 Å². The Morgan fingerprint density at radius 3 is 2.68 bits per heavy atom. The van der Waals surface area contributed by atoms with Crippen molar-refractivity contribution in [3.63, 3.8) is 0 Å². The maximum absolute atomic E-state index is 12.2. The third-order valence-corrected chi connectivity index (χ3v) is 3.79. The van der Waals surface area contributed by atoms with Crippen LogP contribution in [0.1, 0.15) is 16.7 Å². The Bertz CT molecular complexity index is 618. The Balaban J connectivity index is 1.84. The van der Waals surface area contributed by atoms with Gasteiger partial charge in [0.1, 0.15) is 0 Å². The van der Waals surface area contributed by atoms with E-state index in [0.717, 1.165) is 17.7 Å². The van der Waals surface area contributed by atoms with Crippen LogP contribution in [0.25, 0.3) is 0 Å². The van der Waals surface area contributed by atoms with E-state index >= 15 is 0 Å². The molecular weight excluding hydrogens is 234 g/mol. The Hall–Kier alpha value is -2.09. The quantitative estimate of drug-likeness (QED) is 0.888. The van der Waals surface area contributed by atoms with E-state index in [4.69, 9.17) is 0 Å². The molecule has 0 amide bonds. The third-order valence-electron chi connectivity index (χ3n) is 3.79. The molecule has 0 saturated carbocycles. The minimum Gasteiger partial charge on any atom is -0.375 e. The minimum absolute atomic E-state index is 0.101. The number of aryl methyl sites for hydroxylation is 1. The molecule has 1 heterocycles. The monoisotopic (exact) mass is 251 g/mol. The molecule has 0 radical (unpaired) electrons. The first-order chi connectivity index (χ1) is 9.24. The lowest BCUT2D eigenvalue weighted by molar-refractivity contribution is -0.119. The Morgan fingerprint density at radius 2 is 1.84 bits per heavy atom. The van der Waals surface area contributed by atoms with Crippen molar-refractivity contribution in [2.24, 2.45) is 0 Å². The summed E-state index contributed by atoms with van der Waals surface area (Å²) in [5, 5.41) is 3.37. The summed E-state index contributed by atoms with van der Waals surface area (Å²) in [5.41, 5.74) is 4.69. The Kier molecular flexibility index (Phi) is 3.08. The second-order valence-electron chi connectivity index (χ2n) is 5.13. The van der Waals surface area contributed by atoms with Crippen molar-refractivity contribution in [2.75, 3.05) is 5.32 Å². The fraction of sp³-hybridized carbons (Fsp3) is 0.235. The molecule has 2 aromatic carbocycles. The van der Waals surface area contributed by atoms with Crippen molar-refractivity contribution >= 4 is 11.5 Å². The molecule has 0 aliphatic carbocycles. The van der Waals surface area contributed by atoms with Crippen LogP contribution < -0.4 is 5.32 Å². The normalized spacial score (nSPS) is 17.7.